The minimum absolute atomic E-state index is 0.0484. The molecule has 1 amide bonds. The standard InChI is InChI=1S/C10H20BrNO2/c1-8(2)14-5-9(13)12-7-10(3,4)6-11/h8H,5-7H2,1-4H3,(H,12,13). The quantitative estimate of drug-likeness (QED) is 0.746. The van der Waals surface area contributed by atoms with E-state index in [0.717, 1.165) is 5.33 Å². The van der Waals surface area contributed by atoms with Crippen LogP contribution in [0.25, 0.3) is 0 Å². The zero-order valence-electron chi connectivity index (χ0n) is 9.39. The summed E-state index contributed by atoms with van der Waals surface area (Å²) in [6.07, 6.45) is 0.102. The lowest BCUT2D eigenvalue weighted by Crippen LogP contribution is -2.37. The highest BCUT2D eigenvalue weighted by Crippen LogP contribution is 2.16. The van der Waals surface area contributed by atoms with Gasteiger partial charge in [-0.15, -0.1) is 0 Å². The molecule has 0 saturated heterocycles. The summed E-state index contributed by atoms with van der Waals surface area (Å²) in [5.74, 6) is -0.0484. The molecule has 0 aliphatic heterocycles. The van der Waals surface area contributed by atoms with Crippen LogP contribution in [0.5, 0.6) is 0 Å². The highest BCUT2D eigenvalue weighted by molar-refractivity contribution is 9.09. The summed E-state index contributed by atoms with van der Waals surface area (Å²) in [5.41, 5.74) is 0.0908. The zero-order chi connectivity index (χ0) is 11.2. The minimum atomic E-state index is -0.0484. The van der Waals surface area contributed by atoms with Gasteiger partial charge in [0.25, 0.3) is 0 Å². The first-order valence-corrected chi connectivity index (χ1v) is 5.94. The third-order valence-corrected chi connectivity index (χ3v) is 3.19. The third kappa shape index (κ3) is 7.33. The van der Waals surface area contributed by atoms with Crippen molar-refractivity contribution in [2.45, 2.75) is 33.8 Å². The van der Waals surface area contributed by atoms with E-state index in [9.17, 15) is 4.79 Å². The number of carbonyl (C=O) groups is 1. The number of amides is 1. The zero-order valence-corrected chi connectivity index (χ0v) is 11.0. The Morgan fingerprint density at radius 2 is 2.07 bits per heavy atom. The first-order chi connectivity index (χ1) is 6.37. The summed E-state index contributed by atoms with van der Waals surface area (Å²) in [6.45, 7) is 8.82. The summed E-state index contributed by atoms with van der Waals surface area (Å²) in [4.78, 5) is 11.3. The van der Waals surface area contributed by atoms with E-state index in [0.29, 0.717) is 6.54 Å². The molecule has 14 heavy (non-hydrogen) atoms. The van der Waals surface area contributed by atoms with E-state index in [4.69, 9.17) is 4.74 Å². The van der Waals surface area contributed by atoms with Crippen molar-refractivity contribution in [1.82, 2.24) is 5.32 Å². The van der Waals surface area contributed by atoms with E-state index in [2.05, 4.69) is 35.1 Å². The Balaban J connectivity index is 3.64. The van der Waals surface area contributed by atoms with Gasteiger partial charge in [0.2, 0.25) is 5.91 Å². The molecule has 0 radical (unpaired) electrons. The molecule has 1 N–H and O–H groups in total. The van der Waals surface area contributed by atoms with E-state index in [1.807, 2.05) is 13.8 Å². The normalized spacial score (nSPS) is 11.9. The van der Waals surface area contributed by atoms with Gasteiger partial charge < -0.3 is 10.1 Å². The lowest BCUT2D eigenvalue weighted by atomic mass is 9.97. The number of hydrogen-bond acceptors (Lipinski definition) is 2. The molecule has 0 atom stereocenters. The molecule has 4 heteroatoms. The van der Waals surface area contributed by atoms with Crippen molar-refractivity contribution in [3.63, 3.8) is 0 Å². The summed E-state index contributed by atoms with van der Waals surface area (Å²) in [6, 6.07) is 0. The fourth-order valence-electron chi connectivity index (χ4n) is 0.678. The summed E-state index contributed by atoms with van der Waals surface area (Å²) in [7, 11) is 0. The Kier molecular flexibility index (Phi) is 6.36. The van der Waals surface area contributed by atoms with Crippen LogP contribution < -0.4 is 5.32 Å². The van der Waals surface area contributed by atoms with Gasteiger partial charge in [-0.1, -0.05) is 29.8 Å². The molecule has 0 aromatic heterocycles. The van der Waals surface area contributed by atoms with Crippen LogP contribution in [0.1, 0.15) is 27.7 Å². The monoisotopic (exact) mass is 265 g/mol. The van der Waals surface area contributed by atoms with Gasteiger partial charge in [0.15, 0.2) is 0 Å². The molecule has 0 aliphatic carbocycles. The molecule has 0 bridgehead atoms. The topological polar surface area (TPSA) is 38.3 Å². The molecular weight excluding hydrogens is 246 g/mol. The second-order valence-electron chi connectivity index (χ2n) is 4.43. The molecule has 0 heterocycles. The third-order valence-electron chi connectivity index (χ3n) is 1.67. The van der Waals surface area contributed by atoms with Crippen LogP contribution in [0, 0.1) is 5.41 Å². The molecule has 0 rings (SSSR count). The molecule has 0 spiro atoms. The second kappa shape index (κ2) is 6.40. The van der Waals surface area contributed by atoms with Gasteiger partial charge in [-0.25, -0.2) is 0 Å². The van der Waals surface area contributed by atoms with E-state index in [1.165, 1.54) is 0 Å². The predicted molar refractivity (Wildman–Crippen MR) is 61.7 cm³/mol. The van der Waals surface area contributed by atoms with Gasteiger partial charge in [0.1, 0.15) is 6.61 Å². The van der Waals surface area contributed by atoms with Gasteiger partial charge in [-0.3, -0.25) is 4.79 Å². The number of alkyl halides is 1. The summed E-state index contributed by atoms with van der Waals surface area (Å²) < 4.78 is 5.18. The van der Waals surface area contributed by atoms with E-state index in [1.54, 1.807) is 0 Å². The maximum absolute atomic E-state index is 11.3. The van der Waals surface area contributed by atoms with Crippen molar-refractivity contribution >= 4 is 21.8 Å². The van der Waals surface area contributed by atoms with Crippen LogP contribution in [-0.2, 0) is 9.53 Å². The van der Waals surface area contributed by atoms with Crippen molar-refractivity contribution in [2.24, 2.45) is 5.41 Å². The first kappa shape index (κ1) is 13.9. The van der Waals surface area contributed by atoms with Crippen molar-refractivity contribution in [2.75, 3.05) is 18.5 Å². The van der Waals surface area contributed by atoms with Crippen LogP contribution in [0.4, 0.5) is 0 Å². The van der Waals surface area contributed by atoms with E-state index in [-0.39, 0.29) is 24.0 Å². The Labute approximate surface area is 94.7 Å². The van der Waals surface area contributed by atoms with Gasteiger partial charge in [-0.05, 0) is 19.3 Å². The highest BCUT2D eigenvalue weighted by atomic mass is 79.9. The number of carbonyl (C=O) groups excluding carboxylic acids is 1. The number of nitrogens with one attached hydrogen (secondary N) is 1. The molecule has 0 fully saturated rings. The fourth-order valence-corrected chi connectivity index (χ4v) is 0.877. The van der Waals surface area contributed by atoms with Gasteiger partial charge in [0, 0.05) is 11.9 Å². The highest BCUT2D eigenvalue weighted by Gasteiger charge is 2.16. The number of halogens is 1. The minimum Gasteiger partial charge on any atom is -0.369 e. The van der Waals surface area contributed by atoms with Crippen molar-refractivity contribution in [1.29, 1.82) is 0 Å². The van der Waals surface area contributed by atoms with Crippen LogP contribution in [0.3, 0.4) is 0 Å². The van der Waals surface area contributed by atoms with Crippen LogP contribution in [0.2, 0.25) is 0 Å². The molecule has 0 unspecified atom stereocenters. The fraction of sp³-hybridized carbons (Fsp3) is 0.900. The average Bonchev–Trinajstić information content (AvgIpc) is 2.11. The van der Waals surface area contributed by atoms with Gasteiger partial charge in [0.05, 0.1) is 6.10 Å². The maximum atomic E-state index is 11.3. The SMILES string of the molecule is CC(C)OCC(=O)NCC(C)(C)CBr. The molecular formula is C10H20BrNO2. The summed E-state index contributed by atoms with van der Waals surface area (Å²) in [5, 5.41) is 3.70. The van der Waals surface area contributed by atoms with Crippen molar-refractivity contribution in [3.8, 4) is 0 Å². The largest absolute Gasteiger partial charge is 0.369 e. The first-order valence-electron chi connectivity index (χ1n) is 4.81. The molecule has 0 saturated carbocycles. The van der Waals surface area contributed by atoms with E-state index < -0.39 is 0 Å². The molecule has 3 nitrogen and oxygen atoms in total. The average molecular weight is 266 g/mol. The van der Waals surface area contributed by atoms with Crippen LogP contribution in [0.15, 0.2) is 0 Å². The van der Waals surface area contributed by atoms with Gasteiger partial charge >= 0.3 is 0 Å². The number of rotatable bonds is 6. The molecule has 0 aromatic rings. The lowest BCUT2D eigenvalue weighted by Gasteiger charge is -2.21. The van der Waals surface area contributed by atoms with Crippen LogP contribution >= 0.6 is 15.9 Å². The number of hydrogen-bond donors (Lipinski definition) is 1. The Morgan fingerprint density at radius 3 is 2.50 bits per heavy atom. The number of ether oxygens (including phenoxy) is 1. The summed E-state index contributed by atoms with van der Waals surface area (Å²) >= 11 is 3.40. The molecule has 0 aromatic carbocycles. The predicted octanol–water partition coefficient (Wildman–Crippen LogP) is 1.95. The second-order valence-corrected chi connectivity index (χ2v) is 5.00. The lowest BCUT2D eigenvalue weighted by molar-refractivity contribution is -0.127. The van der Waals surface area contributed by atoms with Gasteiger partial charge in [-0.2, -0.15) is 0 Å². The molecule has 84 valence electrons. The van der Waals surface area contributed by atoms with Crippen LogP contribution in [-0.4, -0.2) is 30.5 Å². The van der Waals surface area contributed by atoms with Crippen molar-refractivity contribution < 1.29 is 9.53 Å². The Hall–Kier alpha value is -0.0900. The van der Waals surface area contributed by atoms with E-state index >= 15 is 0 Å². The molecule has 0 aliphatic rings. The Bertz CT molecular complexity index is 181. The van der Waals surface area contributed by atoms with Crippen molar-refractivity contribution in [3.05, 3.63) is 0 Å². The Morgan fingerprint density at radius 1 is 1.50 bits per heavy atom. The maximum Gasteiger partial charge on any atom is 0.246 e. The smallest absolute Gasteiger partial charge is 0.246 e.